The summed E-state index contributed by atoms with van der Waals surface area (Å²) in [5.74, 6) is -0.575. The number of halogens is 1. The number of nitrogens with two attached hydrogens (primary N) is 1. The van der Waals surface area contributed by atoms with Gasteiger partial charge in [0.25, 0.3) is 0 Å². The Labute approximate surface area is 202 Å². The van der Waals surface area contributed by atoms with Crippen molar-refractivity contribution in [3.8, 4) is 5.75 Å². The van der Waals surface area contributed by atoms with E-state index in [1.807, 2.05) is 12.1 Å². The van der Waals surface area contributed by atoms with Crippen molar-refractivity contribution in [3.05, 3.63) is 77.1 Å². The standard InChI is InChI=1S/C25H25ClN4O4/c26-18-3-1-17(2-4-18)24(32)22-21(31)6-5-20(27)23(22)29-25(33)34-15-16-9-13-30(14-10-16)19-7-11-28-12-8-19/h1-8,11-12,16,31H,9-10,13-15,27H2,(H,29,33). The number of aromatic hydroxyl groups is 1. The highest BCUT2D eigenvalue weighted by Gasteiger charge is 2.24. The van der Waals surface area contributed by atoms with Crippen LogP contribution in [0.4, 0.5) is 21.9 Å². The number of phenols is 1. The summed E-state index contributed by atoms with van der Waals surface area (Å²) in [4.78, 5) is 31.9. The Kier molecular flexibility index (Phi) is 7.18. The first-order chi connectivity index (χ1) is 16.4. The van der Waals surface area contributed by atoms with Gasteiger partial charge in [-0.2, -0.15) is 0 Å². The molecule has 9 heteroatoms. The van der Waals surface area contributed by atoms with E-state index in [2.05, 4.69) is 15.2 Å². The Morgan fingerprint density at radius 1 is 1.09 bits per heavy atom. The molecule has 0 unspecified atom stereocenters. The SMILES string of the molecule is Nc1ccc(O)c(C(=O)c2ccc(Cl)cc2)c1NC(=O)OCC1CCN(c2ccncc2)CC1. The zero-order chi connectivity index (χ0) is 24.1. The minimum Gasteiger partial charge on any atom is -0.507 e. The van der Waals surface area contributed by atoms with Gasteiger partial charge in [-0.25, -0.2) is 4.79 Å². The predicted octanol–water partition coefficient (Wildman–Crippen LogP) is 4.72. The lowest BCUT2D eigenvalue weighted by Crippen LogP contribution is -2.35. The summed E-state index contributed by atoms with van der Waals surface area (Å²) in [7, 11) is 0. The molecule has 3 aromatic rings. The molecule has 176 valence electrons. The maximum absolute atomic E-state index is 13.0. The summed E-state index contributed by atoms with van der Waals surface area (Å²) >= 11 is 5.90. The van der Waals surface area contributed by atoms with Gasteiger partial charge in [0.15, 0.2) is 5.78 Å². The lowest BCUT2D eigenvalue weighted by Gasteiger charge is -2.33. The molecule has 0 aliphatic carbocycles. The number of ether oxygens (including phenoxy) is 1. The summed E-state index contributed by atoms with van der Waals surface area (Å²) in [6.07, 6.45) is 4.56. The summed E-state index contributed by atoms with van der Waals surface area (Å²) in [6.45, 7) is 1.97. The molecule has 1 amide bonds. The molecular weight excluding hydrogens is 456 g/mol. The lowest BCUT2D eigenvalue weighted by molar-refractivity contribution is 0.103. The molecule has 2 heterocycles. The number of piperidine rings is 1. The van der Waals surface area contributed by atoms with Gasteiger partial charge in [0.05, 0.1) is 23.5 Å². The molecule has 0 saturated carbocycles. The van der Waals surface area contributed by atoms with Crippen LogP contribution in [0, 0.1) is 5.92 Å². The molecule has 1 aromatic heterocycles. The normalized spacial score (nSPS) is 14.0. The first-order valence-electron chi connectivity index (χ1n) is 10.9. The summed E-state index contributed by atoms with van der Waals surface area (Å²) in [5, 5.41) is 13.4. The second-order valence-corrected chi connectivity index (χ2v) is 8.56. The third kappa shape index (κ3) is 5.40. The second kappa shape index (κ2) is 10.4. The van der Waals surface area contributed by atoms with Crippen molar-refractivity contribution >= 4 is 40.5 Å². The molecule has 2 aromatic carbocycles. The van der Waals surface area contributed by atoms with Crippen molar-refractivity contribution < 1.29 is 19.4 Å². The van der Waals surface area contributed by atoms with Gasteiger partial charge in [0.1, 0.15) is 5.75 Å². The third-order valence-corrected chi connectivity index (χ3v) is 6.12. The Morgan fingerprint density at radius 3 is 2.44 bits per heavy atom. The number of pyridine rings is 1. The quantitative estimate of drug-likeness (QED) is 0.265. The highest BCUT2D eigenvalue weighted by Crippen LogP contribution is 2.34. The van der Waals surface area contributed by atoms with Gasteiger partial charge >= 0.3 is 6.09 Å². The van der Waals surface area contributed by atoms with Crippen LogP contribution in [0.3, 0.4) is 0 Å². The number of ketones is 1. The lowest BCUT2D eigenvalue weighted by atomic mass is 9.97. The maximum Gasteiger partial charge on any atom is 0.411 e. The molecule has 4 N–H and O–H groups in total. The highest BCUT2D eigenvalue weighted by atomic mass is 35.5. The minimum atomic E-state index is -0.737. The summed E-state index contributed by atoms with van der Waals surface area (Å²) in [6, 6.07) is 12.9. The van der Waals surface area contributed by atoms with E-state index in [9.17, 15) is 14.7 Å². The maximum atomic E-state index is 13.0. The second-order valence-electron chi connectivity index (χ2n) is 8.12. The number of amides is 1. The Balaban J connectivity index is 1.38. The molecule has 34 heavy (non-hydrogen) atoms. The van der Waals surface area contributed by atoms with Crippen molar-refractivity contribution in [2.24, 2.45) is 5.92 Å². The van der Waals surface area contributed by atoms with Crippen LogP contribution in [0.5, 0.6) is 5.75 Å². The van der Waals surface area contributed by atoms with E-state index in [0.29, 0.717) is 10.6 Å². The van der Waals surface area contributed by atoms with Gasteiger partial charge < -0.3 is 20.5 Å². The zero-order valence-corrected chi connectivity index (χ0v) is 19.2. The molecule has 8 nitrogen and oxygen atoms in total. The van der Waals surface area contributed by atoms with Crippen molar-refractivity contribution in [2.75, 3.05) is 35.6 Å². The van der Waals surface area contributed by atoms with E-state index < -0.39 is 11.9 Å². The third-order valence-electron chi connectivity index (χ3n) is 5.87. The molecule has 0 radical (unpaired) electrons. The number of rotatable bonds is 6. The van der Waals surface area contributed by atoms with E-state index >= 15 is 0 Å². The molecule has 1 aliphatic heterocycles. The molecule has 0 spiro atoms. The molecular formula is C25H25ClN4O4. The molecule has 1 aliphatic rings. The number of hydrogen-bond donors (Lipinski definition) is 3. The number of nitrogen functional groups attached to an aromatic ring is 1. The number of aromatic nitrogens is 1. The molecule has 0 atom stereocenters. The average Bonchev–Trinajstić information content (AvgIpc) is 2.86. The van der Waals surface area contributed by atoms with Crippen LogP contribution in [0.25, 0.3) is 0 Å². The van der Waals surface area contributed by atoms with E-state index in [-0.39, 0.29) is 35.2 Å². The Hall–Kier alpha value is -3.78. The number of phenolic OH excluding ortho intramolecular Hbond substituents is 1. The fraction of sp³-hybridized carbons (Fsp3) is 0.240. The topological polar surface area (TPSA) is 118 Å². The van der Waals surface area contributed by atoms with E-state index in [1.165, 1.54) is 24.3 Å². The number of nitrogens with zero attached hydrogens (tertiary/aromatic N) is 2. The Morgan fingerprint density at radius 2 is 1.76 bits per heavy atom. The van der Waals surface area contributed by atoms with Crippen LogP contribution in [0.1, 0.15) is 28.8 Å². The minimum absolute atomic E-state index is 0.0115. The first-order valence-corrected chi connectivity index (χ1v) is 11.3. The van der Waals surface area contributed by atoms with E-state index in [1.54, 1.807) is 24.5 Å². The van der Waals surface area contributed by atoms with Gasteiger partial charge in [-0.1, -0.05) is 11.6 Å². The van der Waals surface area contributed by atoms with E-state index in [0.717, 1.165) is 31.6 Å². The number of hydrogen-bond acceptors (Lipinski definition) is 7. The van der Waals surface area contributed by atoms with Gasteiger partial charge in [-0.3, -0.25) is 15.1 Å². The number of carbonyl (C=O) groups excluding carboxylic acids is 2. The molecule has 1 fully saturated rings. The fourth-order valence-electron chi connectivity index (χ4n) is 3.96. The Bertz CT molecular complexity index is 1160. The van der Waals surface area contributed by atoms with Crippen LogP contribution >= 0.6 is 11.6 Å². The number of nitrogens with one attached hydrogen (secondary N) is 1. The van der Waals surface area contributed by atoms with Crippen molar-refractivity contribution in [3.63, 3.8) is 0 Å². The smallest absolute Gasteiger partial charge is 0.411 e. The monoisotopic (exact) mass is 480 g/mol. The van der Waals surface area contributed by atoms with Crippen molar-refractivity contribution in [1.82, 2.24) is 4.98 Å². The summed E-state index contributed by atoms with van der Waals surface area (Å²) < 4.78 is 5.43. The molecule has 0 bridgehead atoms. The fourth-order valence-corrected chi connectivity index (χ4v) is 4.09. The van der Waals surface area contributed by atoms with Gasteiger partial charge in [0.2, 0.25) is 0 Å². The number of carbonyl (C=O) groups is 2. The highest BCUT2D eigenvalue weighted by molar-refractivity contribution is 6.30. The average molecular weight is 481 g/mol. The zero-order valence-electron chi connectivity index (χ0n) is 18.4. The number of anilines is 3. The van der Waals surface area contributed by atoms with Crippen LogP contribution < -0.4 is 16.0 Å². The van der Waals surface area contributed by atoms with Crippen LogP contribution in [0.2, 0.25) is 5.02 Å². The van der Waals surface area contributed by atoms with Gasteiger partial charge in [0, 0.05) is 41.8 Å². The number of benzene rings is 2. The van der Waals surface area contributed by atoms with Crippen LogP contribution in [-0.2, 0) is 4.74 Å². The van der Waals surface area contributed by atoms with Gasteiger partial charge in [-0.15, -0.1) is 0 Å². The van der Waals surface area contributed by atoms with E-state index in [4.69, 9.17) is 22.1 Å². The molecule has 1 saturated heterocycles. The van der Waals surface area contributed by atoms with Crippen molar-refractivity contribution in [2.45, 2.75) is 12.8 Å². The predicted molar refractivity (Wildman–Crippen MR) is 132 cm³/mol. The van der Waals surface area contributed by atoms with Crippen molar-refractivity contribution in [1.29, 1.82) is 0 Å². The van der Waals surface area contributed by atoms with Gasteiger partial charge in [-0.05, 0) is 67.3 Å². The van der Waals surface area contributed by atoms with Crippen LogP contribution in [0.15, 0.2) is 60.9 Å². The summed E-state index contributed by atoms with van der Waals surface area (Å²) in [5.41, 5.74) is 7.49. The molecule has 4 rings (SSSR count). The van der Waals surface area contributed by atoms with Crippen LogP contribution in [-0.4, -0.2) is 41.7 Å². The largest absolute Gasteiger partial charge is 0.507 e. The first kappa shape index (κ1) is 23.4.